The number of rotatable bonds is 3. The van der Waals surface area contributed by atoms with E-state index in [9.17, 15) is 9.59 Å². The number of anilines is 2. The quantitative estimate of drug-likeness (QED) is 0.678. The normalized spacial score (nSPS) is 16.6. The van der Waals surface area contributed by atoms with Crippen LogP contribution in [0.15, 0.2) is 40.9 Å². The molecule has 2 aromatic heterocycles. The SMILES string of the molecule is Cc1nc2cc(NC(=O)C(=O)N(C)[C@@H]3CCCN(c4cccnn4)C3)ccc2o1. The van der Waals surface area contributed by atoms with Crippen LogP contribution in [0, 0.1) is 6.92 Å². The number of nitrogens with one attached hydrogen (secondary N) is 1. The molecular formula is C20H22N6O3. The molecule has 1 atom stereocenters. The monoisotopic (exact) mass is 394 g/mol. The number of likely N-dealkylation sites (N-methyl/N-ethyl adjacent to an activating group) is 1. The van der Waals surface area contributed by atoms with Crippen LogP contribution in [0.5, 0.6) is 0 Å². The van der Waals surface area contributed by atoms with Gasteiger partial charge in [-0.25, -0.2) is 4.98 Å². The minimum absolute atomic E-state index is 0.0790. The molecule has 3 aromatic rings. The molecule has 3 heterocycles. The lowest BCUT2D eigenvalue weighted by Gasteiger charge is -2.37. The fraction of sp³-hybridized carbons (Fsp3) is 0.350. The summed E-state index contributed by atoms with van der Waals surface area (Å²) in [6.07, 6.45) is 3.36. The number of benzene rings is 1. The highest BCUT2D eigenvalue weighted by molar-refractivity contribution is 6.39. The van der Waals surface area contributed by atoms with Crippen LogP contribution in [0.1, 0.15) is 18.7 Å². The molecule has 0 unspecified atom stereocenters. The van der Waals surface area contributed by atoms with Gasteiger partial charge in [-0.15, -0.1) is 5.10 Å². The number of hydrogen-bond donors (Lipinski definition) is 1. The van der Waals surface area contributed by atoms with Crippen molar-refractivity contribution in [3.63, 3.8) is 0 Å². The Kier molecular flexibility index (Phi) is 5.11. The number of oxazole rings is 1. The number of aromatic nitrogens is 3. The molecular weight excluding hydrogens is 372 g/mol. The number of carbonyl (C=O) groups is 2. The highest BCUT2D eigenvalue weighted by atomic mass is 16.3. The van der Waals surface area contributed by atoms with E-state index in [1.807, 2.05) is 12.1 Å². The highest BCUT2D eigenvalue weighted by Gasteiger charge is 2.30. The van der Waals surface area contributed by atoms with E-state index in [0.29, 0.717) is 29.2 Å². The Morgan fingerprint density at radius 3 is 2.97 bits per heavy atom. The molecule has 0 spiro atoms. The van der Waals surface area contributed by atoms with Crippen LogP contribution < -0.4 is 10.2 Å². The summed E-state index contributed by atoms with van der Waals surface area (Å²) in [7, 11) is 1.66. The van der Waals surface area contributed by atoms with Gasteiger partial charge in [0.1, 0.15) is 5.52 Å². The van der Waals surface area contributed by atoms with Crippen molar-refractivity contribution in [2.45, 2.75) is 25.8 Å². The predicted octanol–water partition coefficient (Wildman–Crippen LogP) is 1.99. The van der Waals surface area contributed by atoms with Crippen molar-refractivity contribution in [3.8, 4) is 0 Å². The Morgan fingerprint density at radius 2 is 2.17 bits per heavy atom. The number of nitrogens with zero attached hydrogens (tertiary/aromatic N) is 5. The van der Waals surface area contributed by atoms with Gasteiger partial charge >= 0.3 is 11.8 Å². The van der Waals surface area contributed by atoms with E-state index in [1.165, 1.54) is 4.90 Å². The zero-order valence-electron chi connectivity index (χ0n) is 16.3. The first-order chi connectivity index (χ1) is 14.0. The second-order valence-corrected chi connectivity index (χ2v) is 7.11. The molecule has 1 fully saturated rings. The smallest absolute Gasteiger partial charge is 0.313 e. The molecule has 9 nitrogen and oxygen atoms in total. The van der Waals surface area contributed by atoms with Crippen molar-refractivity contribution in [2.24, 2.45) is 0 Å². The Balaban J connectivity index is 1.41. The third kappa shape index (κ3) is 4.03. The number of piperidine rings is 1. The van der Waals surface area contributed by atoms with E-state index >= 15 is 0 Å². The van der Waals surface area contributed by atoms with Crippen molar-refractivity contribution in [1.29, 1.82) is 0 Å². The minimum Gasteiger partial charge on any atom is -0.441 e. The summed E-state index contributed by atoms with van der Waals surface area (Å²) >= 11 is 0. The number of fused-ring (bicyclic) bond motifs is 1. The van der Waals surface area contributed by atoms with Crippen LogP contribution in [0.4, 0.5) is 11.5 Å². The second kappa shape index (κ2) is 7.86. The summed E-state index contributed by atoms with van der Waals surface area (Å²) < 4.78 is 5.43. The lowest BCUT2D eigenvalue weighted by molar-refractivity contribution is -0.143. The predicted molar refractivity (Wildman–Crippen MR) is 107 cm³/mol. The summed E-state index contributed by atoms with van der Waals surface area (Å²) in [5.74, 6) is 0.0686. The van der Waals surface area contributed by atoms with Gasteiger partial charge in [0.25, 0.3) is 0 Å². The van der Waals surface area contributed by atoms with Crippen LogP contribution >= 0.6 is 0 Å². The molecule has 4 rings (SSSR count). The van der Waals surface area contributed by atoms with Gasteiger partial charge in [0.05, 0.1) is 0 Å². The van der Waals surface area contributed by atoms with Gasteiger partial charge in [0, 0.05) is 45.0 Å². The third-order valence-electron chi connectivity index (χ3n) is 5.09. The number of aryl methyl sites for hydroxylation is 1. The fourth-order valence-electron chi connectivity index (χ4n) is 3.57. The summed E-state index contributed by atoms with van der Waals surface area (Å²) in [5.41, 5.74) is 1.77. The maximum Gasteiger partial charge on any atom is 0.313 e. The molecule has 1 N–H and O–H groups in total. The van der Waals surface area contributed by atoms with Gasteiger partial charge < -0.3 is 19.5 Å². The van der Waals surface area contributed by atoms with Crippen LogP contribution in [0.25, 0.3) is 11.1 Å². The topological polar surface area (TPSA) is 104 Å². The van der Waals surface area contributed by atoms with Gasteiger partial charge in [0.2, 0.25) is 0 Å². The number of hydrogen-bond acceptors (Lipinski definition) is 7. The summed E-state index contributed by atoms with van der Waals surface area (Å²) in [6.45, 7) is 3.21. The van der Waals surface area contributed by atoms with Crippen LogP contribution in [0.3, 0.4) is 0 Å². The molecule has 1 aromatic carbocycles. The van der Waals surface area contributed by atoms with Gasteiger partial charge in [-0.2, -0.15) is 5.10 Å². The minimum atomic E-state index is -0.677. The van der Waals surface area contributed by atoms with E-state index in [1.54, 1.807) is 38.4 Å². The molecule has 0 bridgehead atoms. The first-order valence-corrected chi connectivity index (χ1v) is 9.49. The molecule has 29 heavy (non-hydrogen) atoms. The fourth-order valence-corrected chi connectivity index (χ4v) is 3.57. The Bertz CT molecular complexity index is 1040. The maximum atomic E-state index is 12.7. The molecule has 0 aliphatic carbocycles. The van der Waals surface area contributed by atoms with E-state index in [2.05, 4.69) is 25.4 Å². The molecule has 1 aliphatic rings. The van der Waals surface area contributed by atoms with Crippen molar-refractivity contribution in [3.05, 3.63) is 42.4 Å². The van der Waals surface area contributed by atoms with Gasteiger partial charge in [-0.05, 0) is 43.2 Å². The lowest BCUT2D eigenvalue weighted by Crippen LogP contribution is -2.51. The first-order valence-electron chi connectivity index (χ1n) is 9.49. The van der Waals surface area contributed by atoms with Crippen molar-refractivity contribution in [2.75, 3.05) is 30.4 Å². The van der Waals surface area contributed by atoms with Crippen LogP contribution in [-0.4, -0.2) is 58.1 Å². The average Bonchev–Trinajstić information content (AvgIpc) is 3.12. The van der Waals surface area contributed by atoms with E-state index < -0.39 is 11.8 Å². The summed E-state index contributed by atoms with van der Waals surface area (Å²) in [6, 6.07) is 8.75. The standard InChI is InChI=1S/C20H22N6O3/c1-13-22-16-11-14(7-8-17(16)29-13)23-19(27)20(28)25(2)15-5-4-10-26(12-15)18-6-3-9-21-24-18/h3,6-9,11,15H,4-5,10,12H2,1-2H3,(H,23,27)/t15-/m1/s1. The molecule has 0 saturated carbocycles. The molecule has 1 saturated heterocycles. The first kappa shape index (κ1) is 18.9. The van der Waals surface area contributed by atoms with Gasteiger partial charge in [-0.3, -0.25) is 9.59 Å². The Morgan fingerprint density at radius 1 is 1.31 bits per heavy atom. The van der Waals surface area contributed by atoms with E-state index in [-0.39, 0.29) is 6.04 Å². The van der Waals surface area contributed by atoms with E-state index in [4.69, 9.17) is 4.42 Å². The highest BCUT2D eigenvalue weighted by Crippen LogP contribution is 2.21. The van der Waals surface area contributed by atoms with Crippen molar-refractivity contribution in [1.82, 2.24) is 20.1 Å². The summed E-state index contributed by atoms with van der Waals surface area (Å²) in [4.78, 5) is 33.0. The Labute approximate surface area is 167 Å². The molecule has 9 heteroatoms. The average molecular weight is 394 g/mol. The van der Waals surface area contributed by atoms with E-state index in [0.717, 1.165) is 25.2 Å². The Hall–Kier alpha value is -3.49. The van der Waals surface area contributed by atoms with Crippen LogP contribution in [0.2, 0.25) is 0 Å². The lowest BCUT2D eigenvalue weighted by atomic mass is 10.0. The van der Waals surface area contributed by atoms with Crippen molar-refractivity contribution < 1.29 is 14.0 Å². The van der Waals surface area contributed by atoms with Crippen molar-refractivity contribution >= 4 is 34.4 Å². The molecule has 0 radical (unpaired) electrons. The largest absolute Gasteiger partial charge is 0.441 e. The molecule has 150 valence electrons. The zero-order valence-corrected chi connectivity index (χ0v) is 16.3. The molecule has 2 amide bonds. The second-order valence-electron chi connectivity index (χ2n) is 7.11. The maximum absolute atomic E-state index is 12.7. The zero-order chi connectivity index (χ0) is 20.4. The third-order valence-corrected chi connectivity index (χ3v) is 5.09. The summed E-state index contributed by atoms with van der Waals surface area (Å²) in [5, 5.41) is 10.7. The number of carbonyl (C=O) groups excluding carboxylic acids is 2. The van der Waals surface area contributed by atoms with Gasteiger partial charge in [0.15, 0.2) is 17.3 Å². The number of amides is 2. The molecule has 1 aliphatic heterocycles. The van der Waals surface area contributed by atoms with Crippen LogP contribution in [-0.2, 0) is 9.59 Å². The van der Waals surface area contributed by atoms with Gasteiger partial charge in [-0.1, -0.05) is 0 Å².